The van der Waals surface area contributed by atoms with Gasteiger partial charge >= 0.3 is 5.97 Å². The molecule has 0 aliphatic carbocycles. The van der Waals surface area contributed by atoms with Crippen LogP contribution in [0.4, 0.5) is 4.39 Å². The molecule has 1 aliphatic rings. The summed E-state index contributed by atoms with van der Waals surface area (Å²) in [6.07, 6.45) is 1.68. The molecule has 0 fully saturated rings. The summed E-state index contributed by atoms with van der Waals surface area (Å²) in [5, 5.41) is 0. The van der Waals surface area contributed by atoms with Gasteiger partial charge in [0.05, 0.1) is 50.6 Å². The Morgan fingerprint density at radius 3 is 2.50 bits per heavy atom. The molecule has 12 heteroatoms. The van der Waals surface area contributed by atoms with Crippen molar-refractivity contribution in [1.29, 1.82) is 0 Å². The Morgan fingerprint density at radius 2 is 1.85 bits per heavy atom. The number of nitrogens with zero attached hydrogens (tertiary/aromatic N) is 2. The predicted octanol–water partition coefficient (Wildman–Crippen LogP) is 6.84. The molecule has 0 bridgehead atoms. The van der Waals surface area contributed by atoms with Gasteiger partial charge in [0.25, 0.3) is 5.56 Å². The number of aromatic nitrogens is 1. The molecule has 3 aromatic carbocycles. The van der Waals surface area contributed by atoms with Gasteiger partial charge in [0.15, 0.2) is 16.3 Å². The Hall–Kier alpha value is -3.74. The second-order valence-corrected chi connectivity index (χ2v) is 13.3. The Bertz CT molecular complexity index is 2000. The summed E-state index contributed by atoms with van der Waals surface area (Å²) in [4.78, 5) is 32.5. The zero-order chi connectivity index (χ0) is 33.1. The lowest BCUT2D eigenvalue weighted by molar-refractivity contribution is -0.139. The van der Waals surface area contributed by atoms with Crippen LogP contribution in [0.15, 0.2) is 84.6 Å². The minimum Gasteiger partial charge on any atom is -0.493 e. The van der Waals surface area contributed by atoms with Crippen LogP contribution in [0.3, 0.4) is 0 Å². The van der Waals surface area contributed by atoms with Gasteiger partial charge in [-0.3, -0.25) is 9.36 Å². The molecule has 46 heavy (non-hydrogen) atoms. The number of carbonyl (C=O) groups is 1. The summed E-state index contributed by atoms with van der Waals surface area (Å²) < 4.78 is 39.7. The molecule has 0 spiro atoms. The third kappa shape index (κ3) is 7.13. The highest BCUT2D eigenvalue weighted by Crippen LogP contribution is 2.37. The van der Waals surface area contributed by atoms with Crippen molar-refractivity contribution in [3.63, 3.8) is 0 Å². The number of hydrogen-bond donors (Lipinski definition) is 0. The van der Waals surface area contributed by atoms with E-state index in [1.807, 2.05) is 32.0 Å². The van der Waals surface area contributed by atoms with Crippen molar-refractivity contribution in [3.8, 4) is 17.2 Å². The minimum absolute atomic E-state index is 0.0798. The molecule has 0 radical (unpaired) electrons. The van der Waals surface area contributed by atoms with E-state index < -0.39 is 12.0 Å². The quantitative estimate of drug-likeness (QED) is 0.164. The molecule has 1 atom stereocenters. The summed E-state index contributed by atoms with van der Waals surface area (Å²) in [6.45, 7) is 7.64. The van der Waals surface area contributed by atoms with Gasteiger partial charge in [-0.2, -0.15) is 0 Å². The predicted molar refractivity (Wildman–Crippen MR) is 182 cm³/mol. The van der Waals surface area contributed by atoms with Crippen LogP contribution in [-0.2, 0) is 16.1 Å². The lowest BCUT2D eigenvalue weighted by Crippen LogP contribution is -2.40. The number of benzene rings is 3. The summed E-state index contributed by atoms with van der Waals surface area (Å²) in [6, 6.07) is 14.4. The fourth-order valence-corrected chi connectivity index (χ4v) is 7.54. The third-order valence-electron chi connectivity index (χ3n) is 6.97. The lowest BCUT2D eigenvalue weighted by atomic mass is 9.95. The molecule has 1 aliphatic heterocycles. The molecular formula is C34H31Br2FN2O6S. The van der Waals surface area contributed by atoms with Crippen LogP contribution < -0.4 is 29.1 Å². The Balaban J connectivity index is 1.58. The van der Waals surface area contributed by atoms with Crippen molar-refractivity contribution < 1.29 is 28.1 Å². The average Bonchev–Trinajstić information content (AvgIpc) is 3.29. The second kappa shape index (κ2) is 14.4. The summed E-state index contributed by atoms with van der Waals surface area (Å²) >= 11 is 8.36. The number of carbonyl (C=O) groups excluding carboxylic acids is 1. The SMILES string of the molecule is CCOC(=O)C1=C(C)N=c2s/c(=C\c3cc(Br)c(OCc4cccc(F)c4)c(Br)c3)c(=O)n2[C@H]1c1ccc(OC(C)C)c(OC)c1. The molecule has 0 unspecified atom stereocenters. The first-order valence-corrected chi connectivity index (χ1v) is 16.8. The highest BCUT2D eigenvalue weighted by molar-refractivity contribution is 9.11. The van der Waals surface area contributed by atoms with Gasteiger partial charge in [0, 0.05) is 0 Å². The van der Waals surface area contributed by atoms with E-state index in [4.69, 9.17) is 18.9 Å². The van der Waals surface area contributed by atoms with E-state index in [1.165, 1.54) is 28.0 Å². The third-order valence-corrected chi connectivity index (χ3v) is 9.13. The van der Waals surface area contributed by atoms with Gasteiger partial charge < -0.3 is 18.9 Å². The molecule has 0 saturated heterocycles. The standard InChI is InChI=1S/C34H31Br2FN2O6S/c1-6-43-33(41)29-19(4)38-34-39(30(29)22-10-11-26(45-18(2)3)27(16-22)42-5)32(40)28(46-34)15-21-13-24(35)31(25(36)14-21)44-17-20-8-7-9-23(37)12-20/h7-16,18,30H,6,17H2,1-5H3/b28-15-/t30-/m0/s1. The van der Waals surface area contributed by atoms with E-state index in [0.717, 1.165) is 5.56 Å². The number of halogens is 3. The largest absolute Gasteiger partial charge is 0.493 e. The smallest absolute Gasteiger partial charge is 0.338 e. The van der Waals surface area contributed by atoms with Crippen LogP contribution in [0.2, 0.25) is 0 Å². The fraction of sp³-hybridized carbons (Fsp3) is 0.265. The summed E-state index contributed by atoms with van der Waals surface area (Å²) in [7, 11) is 1.54. The van der Waals surface area contributed by atoms with Gasteiger partial charge in [-0.05, 0) is 119 Å². The maximum atomic E-state index is 14.1. The number of esters is 1. The normalized spacial score (nSPS) is 14.6. The van der Waals surface area contributed by atoms with Gasteiger partial charge in [-0.15, -0.1) is 0 Å². The van der Waals surface area contributed by atoms with Crippen LogP contribution in [0.1, 0.15) is 50.4 Å². The molecule has 5 rings (SSSR count). The zero-order valence-corrected chi connectivity index (χ0v) is 29.7. The van der Waals surface area contributed by atoms with Crippen molar-refractivity contribution >= 4 is 55.2 Å². The summed E-state index contributed by atoms with van der Waals surface area (Å²) in [5.74, 6) is 0.675. The molecule has 8 nitrogen and oxygen atoms in total. The van der Waals surface area contributed by atoms with Crippen molar-refractivity contribution in [2.45, 2.75) is 46.4 Å². The van der Waals surface area contributed by atoms with E-state index in [2.05, 4.69) is 36.9 Å². The monoisotopic (exact) mass is 772 g/mol. The number of allylic oxidation sites excluding steroid dienone is 1. The summed E-state index contributed by atoms with van der Waals surface area (Å²) in [5.41, 5.74) is 2.47. The maximum absolute atomic E-state index is 14.1. The van der Waals surface area contributed by atoms with Crippen LogP contribution in [0.5, 0.6) is 17.2 Å². The Labute approximate surface area is 286 Å². The minimum atomic E-state index is -0.809. The van der Waals surface area contributed by atoms with Gasteiger partial charge in [-0.25, -0.2) is 14.2 Å². The number of ether oxygens (including phenoxy) is 4. The second-order valence-electron chi connectivity index (χ2n) is 10.6. The number of fused-ring (bicyclic) bond motifs is 1. The molecule has 0 amide bonds. The molecule has 0 N–H and O–H groups in total. The molecule has 2 heterocycles. The van der Waals surface area contributed by atoms with Gasteiger partial charge in [-0.1, -0.05) is 29.5 Å². The number of hydrogen-bond acceptors (Lipinski definition) is 8. The fourth-order valence-electron chi connectivity index (χ4n) is 5.05. The molecule has 4 aromatic rings. The molecular weight excluding hydrogens is 743 g/mol. The van der Waals surface area contributed by atoms with Crippen LogP contribution >= 0.6 is 43.2 Å². The molecule has 1 aromatic heterocycles. The van der Waals surface area contributed by atoms with E-state index in [9.17, 15) is 14.0 Å². The molecule has 240 valence electrons. The van der Waals surface area contributed by atoms with Crippen molar-refractivity contribution in [2.75, 3.05) is 13.7 Å². The van der Waals surface area contributed by atoms with Crippen LogP contribution in [-0.4, -0.2) is 30.4 Å². The van der Waals surface area contributed by atoms with Crippen LogP contribution in [0, 0.1) is 5.82 Å². The van der Waals surface area contributed by atoms with Crippen molar-refractivity contribution in [1.82, 2.24) is 4.57 Å². The first-order chi connectivity index (χ1) is 22.0. The average molecular weight is 775 g/mol. The number of thiazole rings is 1. The highest BCUT2D eigenvalue weighted by Gasteiger charge is 2.34. The van der Waals surface area contributed by atoms with Crippen molar-refractivity contribution in [3.05, 3.63) is 117 Å². The molecule has 0 saturated carbocycles. The number of methoxy groups -OCH3 is 1. The topological polar surface area (TPSA) is 88.4 Å². The van der Waals surface area contributed by atoms with E-state index in [0.29, 0.717) is 52.4 Å². The van der Waals surface area contributed by atoms with E-state index >= 15 is 0 Å². The van der Waals surface area contributed by atoms with Crippen molar-refractivity contribution in [2.24, 2.45) is 4.99 Å². The highest BCUT2D eigenvalue weighted by atomic mass is 79.9. The van der Waals surface area contributed by atoms with Gasteiger partial charge in [0.1, 0.15) is 18.2 Å². The lowest BCUT2D eigenvalue weighted by Gasteiger charge is -2.25. The first-order valence-electron chi connectivity index (χ1n) is 14.4. The zero-order valence-electron chi connectivity index (χ0n) is 25.7. The Morgan fingerprint density at radius 1 is 1.11 bits per heavy atom. The first kappa shape index (κ1) is 33.6. The van der Waals surface area contributed by atoms with Gasteiger partial charge in [0.2, 0.25) is 0 Å². The number of rotatable bonds is 10. The Kier molecular flexibility index (Phi) is 10.5. The maximum Gasteiger partial charge on any atom is 0.338 e. The van der Waals surface area contributed by atoms with E-state index in [-0.39, 0.29) is 36.3 Å². The van der Waals surface area contributed by atoms with Crippen LogP contribution in [0.25, 0.3) is 6.08 Å². The van der Waals surface area contributed by atoms with E-state index in [1.54, 1.807) is 51.3 Å².